The maximum atomic E-state index is 12.9. The van der Waals surface area contributed by atoms with Gasteiger partial charge in [-0.3, -0.25) is 14.9 Å². The van der Waals surface area contributed by atoms with Crippen molar-refractivity contribution in [2.45, 2.75) is 24.6 Å². The molecule has 0 saturated carbocycles. The molecule has 1 aliphatic rings. The zero-order chi connectivity index (χ0) is 21.3. The maximum absolute atomic E-state index is 12.9. The number of benzene rings is 2. The largest absolute Gasteiger partial charge is 0.490 e. The summed E-state index contributed by atoms with van der Waals surface area (Å²) in [7, 11) is 1.41. The summed E-state index contributed by atoms with van der Waals surface area (Å²) < 4.78 is 10.5. The Morgan fingerprint density at radius 2 is 2.07 bits per heavy atom. The van der Waals surface area contributed by atoms with E-state index in [-0.39, 0.29) is 23.4 Å². The van der Waals surface area contributed by atoms with Gasteiger partial charge in [0, 0.05) is 25.0 Å². The molecule has 8 heteroatoms. The monoisotopic (exact) mass is 430 g/mol. The van der Waals surface area contributed by atoms with Crippen molar-refractivity contribution in [2.24, 2.45) is 0 Å². The van der Waals surface area contributed by atoms with Crippen LogP contribution < -0.4 is 4.74 Å². The van der Waals surface area contributed by atoms with E-state index in [4.69, 9.17) is 9.47 Å². The lowest BCUT2D eigenvalue weighted by atomic mass is 10.1. The highest BCUT2D eigenvalue weighted by atomic mass is 32.2. The third-order valence-electron chi connectivity index (χ3n) is 5.09. The quantitative estimate of drug-likeness (QED) is 0.422. The van der Waals surface area contributed by atoms with Crippen molar-refractivity contribution in [2.75, 3.05) is 32.6 Å². The minimum Gasteiger partial charge on any atom is -0.490 e. The number of hydrogen-bond donors (Lipinski definition) is 0. The van der Waals surface area contributed by atoms with Gasteiger partial charge in [-0.1, -0.05) is 36.4 Å². The molecule has 2 aromatic carbocycles. The fraction of sp³-hybridized carbons (Fsp3) is 0.409. The molecular weight excluding hydrogens is 404 g/mol. The number of nitro benzene ring substituents is 1. The molecule has 0 radical (unpaired) electrons. The van der Waals surface area contributed by atoms with Crippen molar-refractivity contribution in [3.05, 3.63) is 69.8 Å². The van der Waals surface area contributed by atoms with Crippen molar-refractivity contribution < 1.29 is 19.2 Å². The Hall–Kier alpha value is -2.58. The van der Waals surface area contributed by atoms with E-state index in [0.717, 1.165) is 18.4 Å². The van der Waals surface area contributed by atoms with E-state index in [1.54, 1.807) is 12.1 Å². The summed E-state index contributed by atoms with van der Waals surface area (Å²) in [6, 6.07) is 15.1. The van der Waals surface area contributed by atoms with Gasteiger partial charge in [0.25, 0.3) is 0 Å². The molecule has 0 aromatic heterocycles. The number of nitro groups is 1. The summed E-state index contributed by atoms with van der Waals surface area (Å²) in [6.45, 7) is 1.92. The van der Waals surface area contributed by atoms with Gasteiger partial charge in [0.2, 0.25) is 5.91 Å². The first-order valence-corrected chi connectivity index (χ1v) is 11.0. The van der Waals surface area contributed by atoms with Crippen LogP contribution >= 0.6 is 11.8 Å². The van der Waals surface area contributed by atoms with Crippen LogP contribution in [0.5, 0.6) is 5.75 Å². The molecule has 1 heterocycles. The molecule has 1 amide bonds. The zero-order valence-corrected chi connectivity index (χ0v) is 17.8. The fourth-order valence-electron chi connectivity index (χ4n) is 3.48. The van der Waals surface area contributed by atoms with Crippen LogP contribution in [0.2, 0.25) is 0 Å². The molecule has 1 atom stereocenters. The second-order valence-electron chi connectivity index (χ2n) is 7.10. The van der Waals surface area contributed by atoms with Crippen molar-refractivity contribution in [1.82, 2.24) is 4.90 Å². The van der Waals surface area contributed by atoms with Gasteiger partial charge in [0.1, 0.15) is 0 Å². The van der Waals surface area contributed by atoms with Crippen molar-refractivity contribution in [3.63, 3.8) is 0 Å². The molecule has 3 rings (SSSR count). The SMILES string of the molecule is COc1ccc(CSCC(=O)N(CCc2ccccc2)[C@H]2CCOC2)cc1[N+](=O)[O-]. The lowest BCUT2D eigenvalue weighted by molar-refractivity contribution is -0.385. The number of rotatable bonds is 10. The number of thioether (sulfide) groups is 1. The molecular formula is C22H26N2O5S. The van der Waals surface area contributed by atoms with Crippen LogP contribution in [-0.4, -0.2) is 54.4 Å². The van der Waals surface area contributed by atoms with Crippen LogP contribution in [0.25, 0.3) is 0 Å². The average molecular weight is 431 g/mol. The van der Waals surface area contributed by atoms with Crippen LogP contribution in [0.4, 0.5) is 5.69 Å². The Kier molecular flexibility index (Phi) is 8.10. The maximum Gasteiger partial charge on any atom is 0.311 e. The Balaban J connectivity index is 1.57. The molecule has 0 N–H and O–H groups in total. The molecule has 7 nitrogen and oxygen atoms in total. The van der Waals surface area contributed by atoms with Gasteiger partial charge in [-0.25, -0.2) is 0 Å². The number of carbonyl (C=O) groups is 1. The first kappa shape index (κ1) is 22.1. The smallest absolute Gasteiger partial charge is 0.311 e. The Bertz CT molecular complexity index is 856. The van der Waals surface area contributed by atoms with Gasteiger partial charge < -0.3 is 14.4 Å². The Morgan fingerprint density at radius 1 is 1.27 bits per heavy atom. The molecule has 0 unspecified atom stereocenters. The second-order valence-corrected chi connectivity index (χ2v) is 8.08. The molecule has 1 fully saturated rings. The minimum absolute atomic E-state index is 0.0606. The molecule has 0 spiro atoms. The van der Waals surface area contributed by atoms with E-state index in [9.17, 15) is 14.9 Å². The number of methoxy groups -OCH3 is 1. The van der Waals surface area contributed by atoms with Crippen LogP contribution in [0.3, 0.4) is 0 Å². The summed E-state index contributed by atoms with van der Waals surface area (Å²) >= 11 is 1.46. The van der Waals surface area contributed by atoms with E-state index in [2.05, 4.69) is 12.1 Å². The highest BCUT2D eigenvalue weighted by Crippen LogP contribution is 2.29. The minimum atomic E-state index is -0.455. The Labute approximate surface area is 180 Å². The van der Waals surface area contributed by atoms with Gasteiger partial charge in [-0.2, -0.15) is 0 Å². The predicted octanol–water partition coefficient (Wildman–Crippen LogP) is 3.70. The van der Waals surface area contributed by atoms with Crippen molar-refractivity contribution in [1.29, 1.82) is 0 Å². The van der Waals surface area contributed by atoms with E-state index >= 15 is 0 Å². The summed E-state index contributed by atoms with van der Waals surface area (Å²) in [6.07, 6.45) is 1.66. The lowest BCUT2D eigenvalue weighted by Crippen LogP contribution is -2.43. The molecule has 0 bridgehead atoms. The van der Waals surface area contributed by atoms with Gasteiger partial charge >= 0.3 is 5.69 Å². The Morgan fingerprint density at radius 3 is 2.73 bits per heavy atom. The normalized spacial score (nSPS) is 15.7. The highest BCUT2D eigenvalue weighted by molar-refractivity contribution is 7.99. The first-order valence-electron chi connectivity index (χ1n) is 9.88. The first-order chi connectivity index (χ1) is 14.6. The van der Waals surface area contributed by atoms with Gasteiger partial charge in [0.15, 0.2) is 5.75 Å². The summed E-state index contributed by atoms with van der Waals surface area (Å²) in [5.41, 5.74) is 1.93. The molecule has 30 heavy (non-hydrogen) atoms. The zero-order valence-electron chi connectivity index (χ0n) is 17.0. The lowest BCUT2D eigenvalue weighted by Gasteiger charge is -2.28. The number of carbonyl (C=O) groups excluding carboxylic acids is 1. The van der Waals surface area contributed by atoms with Crippen molar-refractivity contribution in [3.8, 4) is 5.75 Å². The third-order valence-corrected chi connectivity index (χ3v) is 6.07. The number of amides is 1. The number of nitrogens with zero attached hydrogens (tertiary/aromatic N) is 2. The molecule has 1 aliphatic heterocycles. The molecule has 2 aromatic rings. The predicted molar refractivity (Wildman–Crippen MR) is 117 cm³/mol. The van der Waals surface area contributed by atoms with Crippen LogP contribution in [0.15, 0.2) is 48.5 Å². The van der Waals surface area contributed by atoms with Gasteiger partial charge in [-0.05, 0) is 30.0 Å². The van der Waals surface area contributed by atoms with E-state index in [0.29, 0.717) is 31.3 Å². The number of hydrogen-bond acceptors (Lipinski definition) is 6. The van der Waals surface area contributed by atoms with Gasteiger partial charge in [-0.15, -0.1) is 11.8 Å². The molecule has 0 aliphatic carbocycles. The molecule has 160 valence electrons. The summed E-state index contributed by atoms with van der Waals surface area (Å²) in [4.78, 5) is 25.6. The van der Waals surface area contributed by atoms with Crippen LogP contribution in [-0.2, 0) is 21.7 Å². The topological polar surface area (TPSA) is 81.9 Å². The standard InChI is InChI=1S/C22H26N2O5S/c1-28-21-8-7-18(13-20(21)24(26)27)15-30-16-22(25)23(19-10-12-29-14-19)11-9-17-5-3-2-4-6-17/h2-8,13,19H,9-12,14-16H2,1H3/t19-/m0/s1. The van der Waals surface area contributed by atoms with E-state index in [1.165, 1.54) is 30.5 Å². The van der Waals surface area contributed by atoms with Crippen LogP contribution in [0.1, 0.15) is 17.5 Å². The van der Waals surface area contributed by atoms with E-state index < -0.39 is 4.92 Å². The summed E-state index contributed by atoms with van der Waals surface area (Å²) in [5.74, 6) is 1.16. The van der Waals surface area contributed by atoms with E-state index in [1.807, 2.05) is 23.1 Å². The molecule has 1 saturated heterocycles. The highest BCUT2D eigenvalue weighted by Gasteiger charge is 2.27. The third kappa shape index (κ3) is 5.96. The second kappa shape index (κ2) is 11.0. The van der Waals surface area contributed by atoms with Crippen LogP contribution in [0, 0.1) is 10.1 Å². The average Bonchev–Trinajstić information content (AvgIpc) is 3.29. The van der Waals surface area contributed by atoms with Gasteiger partial charge in [0.05, 0.1) is 30.4 Å². The van der Waals surface area contributed by atoms with Crippen molar-refractivity contribution >= 4 is 23.4 Å². The summed E-state index contributed by atoms with van der Waals surface area (Å²) in [5, 5.41) is 11.2. The fourth-order valence-corrected chi connectivity index (χ4v) is 4.34. The number of ether oxygens (including phenoxy) is 2.